The van der Waals surface area contributed by atoms with Crippen LogP contribution in [0.4, 0.5) is 0 Å². The Morgan fingerprint density at radius 1 is 0.354 bits per heavy atom. The fourth-order valence-corrected chi connectivity index (χ4v) is 12.9. The molecule has 12 aromatic rings. The number of benzene rings is 9. The number of allylic oxidation sites excluding steroid dienone is 6. The molecule has 9 aromatic carbocycles. The molecule has 3 heterocycles. The predicted octanol–water partition coefficient (Wildman–Crippen LogP) is 26.4. The van der Waals surface area contributed by atoms with Gasteiger partial charge in [0.1, 0.15) is 0 Å². The third-order valence-electron chi connectivity index (χ3n) is 17.6. The topological polar surface area (TPSA) is 151 Å². The number of hydrogen-bond donors (Lipinski definition) is 3. The van der Waals surface area contributed by atoms with Crippen molar-refractivity contribution in [3.63, 3.8) is 0 Å². The maximum atomic E-state index is 11.2. The summed E-state index contributed by atoms with van der Waals surface area (Å²) >= 11 is 0. The summed E-state index contributed by atoms with van der Waals surface area (Å²) in [6.45, 7) is 41.9. The second-order valence-electron chi connectivity index (χ2n) is 31.0. The van der Waals surface area contributed by atoms with Crippen LogP contribution in [0.3, 0.4) is 0 Å². The van der Waals surface area contributed by atoms with Crippen LogP contribution in [0.15, 0.2) is 224 Å². The van der Waals surface area contributed by atoms with E-state index in [-0.39, 0.29) is 94.9 Å². The van der Waals surface area contributed by atoms with Crippen LogP contribution >= 0.6 is 0 Å². The van der Waals surface area contributed by atoms with Gasteiger partial charge in [-0.15, -0.1) is 105 Å². The molecule has 3 N–H and O–H groups in total. The molecule has 0 aliphatic heterocycles. The van der Waals surface area contributed by atoms with Crippen molar-refractivity contribution in [3.05, 3.63) is 303 Å². The van der Waals surface area contributed by atoms with Crippen molar-refractivity contribution < 1.29 is 90.0 Å². The Bertz CT molecular complexity index is 5000. The van der Waals surface area contributed by atoms with Crippen LogP contribution in [0.1, 0.15) is 157 Å². The van der Waals surface area contributed by atoms with Crippen LogP contribution in [0.2, 0.25) is 0 Å². The summed E-state index contributed by atoms with van der Waals surface area (Å²) in [6, 6.07) is 77.9. The maximum Gasteiger partial charge on any atom is 0.159 e. The van der Waals surface area contributed by atoms with Crippen molar-refractivity contribution >= 4 is 50.1 Å². The Morgan fingerprint density at radius 2 is 0.708 bits per heavy atom. The number of aliphatic hydroxyl groups excluding tert-OH is 3. The number of ketones is 3. The van der Waals surface area contributed by atoms with Crippen molar-refractivity contribution in [2.45, 2.75) is 171 Å². The number of aromatic nitrogens is 3. The molecule has 0 aliphatic rings. The summed E-state index contributed by atoms with van der Waals surface area (Å²) in [5, 5.41) is 29.8. The summed E-state index contributed by atoms with van der Waals surface area (Å²) in [4.78, 5) is 46.2. The maximum absolute atomic E-state index is 11.2. The van der Waals surface area contributed by atoms with Crippen LogP contribution in [-0.2, 0) is 87.5 Å². The quantitative estimate of drug-likeness (QED) is 0.0460. The zero-order valence-electron chi connectivity index (χ0n) is 69.7. The Balaban J connectivity index is 0.000000305. The van der Waals surface area contributed by atoms with E-state index in [0.717, 1.165) is 74.3 Å². The van der Waals surface area contributed by atoms with E-state index >= 15 is 0 Å². The van der Waals surface area contributed by atoms with Gasteiger partial charge < -0.3 is 15.3 Å². The largest absolute Gasteiger partial charge is 0.512 e. The summed E-state index contributed by atoms with van der Waals surface area (Å²) in [5.74, 6) is 2.02. The number of rotatable bonds is 17. The number of aliphatic hydroxyl groups is 3. The summed E-state index contributed by atoms with van der Waals surface area (Å²) < 4.78 is 0. The minimum Gasteiger partial charge on any atom is -0.512 e. The minimum atomic E-state index is -0.125. The van der Waals surface area contributed by atoms with Crippen LogP contribution in [-0.4, -0.2) is 47.6 Å². The molecule has 0 atom stereocenters. The van der Waals surface area contributed by atoms with E-state index in [2.05, 4.69) is 290 Å². The number of hydrogen-bond acceptors (Lipinski definition) is 9. The fourth-order valence-electron chi connectivity index (χ4n) is 12.9. The van der Waals surface area contributed by atoms with Gasteiger partial charge in [-0.2, -0.15) is 0 Å². The average molecular weight is 2040 g/mol. The molecule has 0 amide bonds. The first kappa shape index (κ1) is 96.2. The van der Waals surface area contributed by atoms with Gasteiger partial charge in [-0.1, -0.05) is 221 Å². The van der Waals surface area contributed by atoms with Gasteiger partial charge in [-0.25, -0.2) is 0 Å². The van der Waals surface area contributed by atoms with Gasteiger partial charge in [0.2, 0.25) is 0 Å². The third kappa shape index (κ3) is 31.6. The van der Waals surface area contributed by atoms with Gasteiger partial charge in [-0.05, 0) is 190 Å². The number of aryl methyl sites for hydroxylation is 9. The fraction of sp³-hybridized carbons (Fsp3) is 0.287. The molecule has 9 nitrogen and oxygen atoms in total. The molecule has 0 spiro atoms. The van der Waals surface area contributed by atoms with Gasteiger partial charge in [-0.3, -0.25) is 29.3 Å². The van der Waals surface area contributed by atoms with Gasteiger partial charge in [0.05, 0.1) is 33.8 Å². The monoisotopic (exact) mass is 2040 g/mol. The van der Waals surface area contributed by atoms with E-state index < -0.39 is 0 Å². The van der Waals surface area contributed by atoms with Gasteiger partial charge in [0.25, 0.3) is 0 Å². The zero-order valence-corrected chi connectivity index (χ0v) is 76.9. The molecule has 597 valence electrons. The molecule has 0 unspecified atom stereocenters. The van der Waals surface area contributed by atoms with Crippen molar-refractivity contribution in [1.29, 1.82) is 0 Å². The molecule has 0 saturated heterocycles. The Labute approximate surface area is 714 Å². The number of pyridine rings is 3. The van der Waals surface area contributed by atoms with E-state index in [0.29, 0.717) is 36.5 Å². The molecule has 0 bridgehead atoms. The SMILES string of the molecule is CC(=O)C=C(C)O.CC(=O)C=C(C)O.CC(C)CC(=O)C=C(O)CC(C)C.Cc1[c-]c(-c2cc(CC(C)C)c3cc(-c4ccc(C)cc4)ccc3n2)cc(C)c1.Cc1[c-]c(-c2cc(CC(C)C)c3cc(-c4ccc(C)cc4)ccc3n2)cc(C)c1.Cc1ccc(-c2cc(-c3[c-]ccc(C)c3)nc3ccc(C)cc23)cc1.[Ir].[Ir].[Ir]. The van der Waals surface area contributed by atoms with Crippen LogP contribution in [0, 0.1) is 104 Å². The molecule has 0 saturated carbocycles. The molecule has 12 heteroatoms. The van der Waals surface area contributed by atoms with Gasteiger partial charge in [0, 0.05) is 108 Å². The van der Waals surface area contributed by atoms with E-state index in [4.69, 9.17) is 25.2 Å². The second-order valence-corrected chi connectivity index (χ2v) is 31.0. The molecule has 3 radical (unpaired) electrons. The minimum absolute atomic E-state index is 0. The Morgan fingerprint density at radius 3 is 1.07 bits per heavy atom. The molecule has 3 aromatic heterocycles. The molecule has 0 aliphatic carbocycles. The first-order chi connectivity index (χ1) is 52.0. The molecule has 113 heavy (non-hydrogen) atoms. The first-order valence-electron chi connectivity index (χ1n) is 38.2. The number of fused-ring (bicyclic) bond motifs is 3. The second kappa shape index (κ2) is 46.2. The first-order valence-corrected chi connectivity index (χ1v) is 38.2. The van der Waals surface area contributed by atoms with Gasteiger partial charge >= 0.3 is 0 Å². The standard InChI is InChI=1S/2C28H28N.C24H20N.C11H20O2.2C5H8O2.3Ir/c2*1-18(2)12-24-17-28(25-14-20(4)13-21(5)15-25)29-27-11-10-23(16-26(24)27)22-8-6-19(3)7-9-22;1-16-7-10-19(11-8-16)21-15-24(20-6-4-5-17(2)13-20)25-23-12-9-18(3)14-22(21)23;1-8(2)5-10(12)7-11(13)6-9(3)4;2*1-4(6)3-5(2)7;;;/h2*6-11,13-14,16-18H,12H2,1-5H3;4-5,7-15H,1-3H3;7-9,12H,5-6H2,1-4H3;2*3,6H,1-2H3;;;/q3*-1;;;;;;. The summed E-state index contributed by atoms with van der Waals surface area (Å²) in [5.41, 5.74) is 30.6. The molecule has 12 rings (SSSR count). The van der Waals surface area contributed by atoms with E-state index in [1.54, 1.807) is 0 Å². The Hall–Kier alpha value is -9.21. The number of carbonyl (C=O) groups is 3. The van der Waals surface area contributed by atoms with Crippen LogP contribution in [0.5, 0.6) is 0 Å². The van der Waals surface area contributed by atoms with Crippen molar-refractivity contribution in [2.24, 2.45) is 23.7 Å². The van der Waals surface area contributed by atoms with E-state index in [1.165, 1.54) is 146 Å². The molecular formula is C101H112Ir3N3O6-3. The zero-order chi connectivity index (χ0) is 80.6. The van der Waals surface area contributed by atoms with Crippen molar-refractivity contribution in [3.8, 4) is 67.2 Å². The smallest absolute Gasteiger partial charge is 0.159 e. The normalized spacial score (nSPS) is 11.1. The van der Waals surface area contributed by atoms with E-state index in [9.17, 15) is 19.5 Å². The summed E-state index contributed by atoms with van der Waals surface area (Å²) in [7, 11) is 0. The summed E-state index contributed by atoms with van der Waals surface area (Å²) in [6.07, 6.45) is 6.87. The molecular weight excluding hydrogens is 1930 g/mol. The number of nitrogens with zero attached hydrogens (tertiary/aromatic N) is 3. The van der Waals surface area contributed by atoms with Gasteiger partial charge in [0.15, 0.2) is 17.3 Å². The van der Waals surface area contributed by atoms with Crippen LogP contribution in [0.25, 0.3) is 99.9 Å². The molecule has 0 fully saturated rings. The van der Waals surface area contributed by atoms with E-state index in [1.807, 2.05) is 33.8 Å². The number of carbonyl (C=O) groups excluding carboxylic acids is 3. The average Bonchev–Trinajstić information content (AvgIpc) is 0.791. The third-order valence-corrected chi connectivity index (χ3v) is 17.6. The van der Waals surface area contributed by atoms with Crippen molar-refractivity contribution in [2.75, 3.05) is 0 Å². The predicted molar refractivity (Wildman–Crippen MR) is 463 cm³/mol. The Kier molecular flexibility index (Phi) is 39.3. The van der Waals surface area contributed by atoms with Crippen molar-refractivity contribution in [1.82, 2.24) is 15.0 Å². The van der Waals surface area contributed by atoms with Crippen LogP contribution < -0.4 is 0 Å².